The van der Waals surface area contributed by atoms with E-state index in [0.29, 0.717) is 12.6 Å². The lowest BCUT2D eigenvalue weighted by atomic mass is 9.98. The molecule has 1 aliphatic carbocycles. The molecule has 37 heavy (non-hydrogen) atoms. The molecule has 0 amide bonds. The Morgan fingerprint density at radius 1 is 1.03 bits per heavy atom. The molecular weight excluding hydrogens is 460 g/mol. The minimum atomic E-state index is -0.0272. The molecule has 1 fully saturated rings. The van der Waals surface area contributed by atoms with Crippen LogP contribution in [0.5, 0.6) is 0 Å². The average molecular weight is 499 g/mol. The summed E-state index contributed by atoms with van der Waals surface area (Å²) < 4.78 is 2.08. The molecule has 0 saturated heterocycles. The van der Waals surface area contributed by atoms with Crippen LogP contribution in [0.4, 0.5) is 0 Å². The van der Waals surface area contributed by atoms with Gasteiger partial charge in [-0.15, -0.1) is 5.10 Å². The van der Waals surface area contributed by atoms with Gasteiger partial charge in [0.15, 0.2) is 5.82 Å². The van der Waals surface area contributed by atoms with Crippen molar-refractivity contribution in [3.05, 3.63) is 87.0 Å². The largest absolute Gasteiger partial charge is 0.321 e. The second-order valence-electron chi connectivity index (χ2n) is 10.9. The third-order valence-corrected chi connectivity index (χ3v) is 7.95. The van der Waals surface area contributed by atoms with Gasteiger partial charge in [0.2, 0.25) is 0 Å². The van der Waals surface area contributed by atoms with Crippen LogP contribution in [-0.4, -0.2) is 36.6 Å². The van der Waals surface area contributed by atoms with Crippen LogP contribution in [0.15, 0.2) is 53.3 Å². The maximum Gasteiger partial charge on any atom is 0.252 e. The van der Waals surface area contributed by atoms with E-state index in [9.17, 15) is 4.79 Å². The van der Waals surface area contributed by atoms with Gasteiger partial charge in [0, 0.05) is 18.7 Å². The number of hydrogen-bond donors (Lipinski definition) is 1. The van der Waals surface area contributed by atoms with Crippen molar-refractivity contribution in [2.75, 3.05) is 6.54 Å². The van der Waals surface area contributed by atoms with Crippen LogP contribution < -0.4 is 5.56 Å². The second-order valence-corrected chi connectivity index (χ2v) is 10.9. The number of hydrogen-bond acceptors (Lipinski definition) is 5. The number of tetrazole rings is 1. The van der Waals surface area contributed by atoms with Crippen molar-refractivity contribution >= 4 is 10.9 Å². The fourth-order valence-corrected chi connectivity index (χ4v) is 5.92. The van der Waals surface area contributed by atoms with Gasteiger partial charge < -0.3 is 4.98 Å². The second kappa shape index (κ2) is 11.0. The lowest BCUT2D eigenvalue weighted by Crippen LogP contribution is -2.37. The van der Waals surface area contributed by atoms with E-state index < -0.39 is 0 Å². The fourth-order valence-electron chi connectivity index (χ4n) is 5.92. The summed E-state index contributed by atoms with van der Waals surface area (Å²) in [5, 5.41) is 14.2. The van der Waals surface area contributed by atoms with Gasteiger partial charge in [-0.1, -0.05) is 69.2 Å². The Morgan fingerprint density at radius 2 is 1.78 bits per heavy atom. The van der Waals surface area contributed by atoms with E-state index in [2.05, 4.69) is 87.3 Å². The fraction of sp³-hybridized carbons (Fsp3) is 0.467. The molecule has 194 valence electrons. The zero-order valence-corrected chi connectivity index (χ0v) is 22.4. The number of rotatable bonds is 9. The molecule has 1 atom stereocenters. The summed E-state index contributed by atoms with van der Waals surface area (Å²) in [7, 11) is 0. The van der Waals surface area contributed by atoms with Crippen LogP contribution in [0.3, 0.4) is 0 Å². The van der Waals surface area contributed by atoms with Crippen LogP contribution in [0, 0.1) is 19.8 Å². The molecule has 2 aromatic heterocycles. The number of aromatic nitrogens is 5. The third kappa shape index (κ3) is 5.37. The van der Waals surface area contributed by atoms with E-state index in [1.54, 1.807) is 0 Å². The van der Waals surface area contributed by atoms with Gasteiger partial charge >= 0.3 is 0 Å². The standard InChI is InChI=1S/C30H38N6O/c1-20(2)28(29-32-33-34-36(29)26-14-7-8-15-26)35(17-16-23-12-6-5-10-21(23)3)19-25-18-24-13-9-11-22(4)27(24)31-30(25)37/h5-6,9-13,18,20,26,28H,7-8,14-17,19H2,1-4H3,(H,31,37)/t28-/m1/s1. The molecule has 7 nitrogen and oxygen atoms in total. The van der Waals surface area contributed by atoms with E-state index in [0.717, 1.165) is 53.7 Å². The Morgan fingerprint density at radius 3 is 2.54 bits per heavy atom. The Kier molecular flexibility index (Phi) is 7.51. The zero-order chi connectivity index (χ0) is 25.9. The van der Waals surface area contributed by atoms with Crippen molar-refractivity contribution in [1.29, 1.82) is 0 Å². The molecule has 1 N–H and O–H groups in total. The Labute approximate surface area is 218 Å². The quantitative estimate of drug-likeness (QED) is 0.321. The molecule has 4 aromatic rings. The summed E-state index contributed by atoms with van der Waals surface area (Å²) >= 11 is 0. The van der Waals surface area contributed by atoms with Crippen LogP contribution >= 0.6 is 0 Å². The summed E-state index contributed by atoms with van der Waals surface area (Å²) in [5.74, 6) is 1.18. The number of fused-ring (bicyclic) bond motifs is 1. The smallest absolute Gasteiger partial charge is 0.252 e. The zero-order valence-electron chi connectivity index (χ0n) is 22.4. The van der Waals surface area contributed by atoms with E-state index in [1.807, 2.05) is 19.1 Å². The highest BCUT2D eigenvalue weighted by Gasteiger charge is 2.32. The normalized spacial score (nSPS) is 15.3. The predicted molar refractivity (Wildman–Crippen MR) is 147 cm³/mol. The number of para-hydroxylation sites is 1. The number of nitrogens with zero attached hydrogens (tertiary/aromatic N) is 5. The minimum Gasteiger partial charge on any atom is -0.321 e. The lowest BCUT2D eigenvalue weighted by molar-refractivity contribution is 0.133. The SMILES string of the molecule is Cc1ccccc1CCN(Cc1cc2cccc(C)c2[nH]c1=O)[C@@H](c1nnnn1C1CCCC1)C(C)C. The van der Waals surface area contributed by atoms with Gasteiger partial charge in [0.1, 0.15) is 0 Å². The van der Waals surface area contributed by atoms with Crippen LogP contribution in [0.1, 0.15) is 79.7 Å². The van der Waals surface area contributed by atoms with Crippen LogP contribution in [0.2, 0.25) is 0 Å². The summed E-state index contributed by atoms with van der Waals surface area (Å²) in [6, 6.07) is 17.1. The lowest BCUT2D eigenvalue weighted by Gasteiger charge is -2.34. The number of aryl methyl sites for hydroxylation is 2. The predicted octanol–water partition coefficient (Wildman–Crippen LogP) is 5.69. The maximum absolute atomic E-state index is 13.3. The highest BCUT2D eigenvalue weighted by molar-refractivity contribution is 5.81. The summed E-state index contributed by atoms with van der Waals surface area (Å²) in [5.41, 5.74) is 5.35. The van der Waals surface area contributed by atoms with Crippen molar-refractivity contribution in [1.82, 2.24) is 30.1 Å². The molecule has 1 saturated carbocycles. The highest BCUT2D eigenvalue weighted by Crippen LogP contribution is 2.35. The van der Waals surface area contributed by atoms with Crippen molar-refractivity contribution in [2.45, 2.75) is 78.4 Å². The molecule has 5 rings (SSSR count). The van der Waals surface area contributed by atoms with E-state index in [4.69, 9.17) is 0 Å². The first-order chi connectivity index (χ1) is 17.9. The first-order valence-corrected chi connectivity index (χ1v) is 13.6. The molecular formula is C30H38N6O. The molecule has 7 heteroatoms. The summed E-state index contributed by atoms with van der Waals surface area (Å²) in [6.07, 6.45) is 5.58. The van der Waals surface area contributed by atoms with Gasteiger partial charge in [-0.2, -0.15) is 0 Å². The van der Waals surface area contributed by atoms with Gasteiger partial charge in [-0.05, 0) is 77.6 Å². The van der Waals surface area contributed by atoms with Gasteiger partial charge in [0.05, 0.1) is 17.6 Å². The number of H-pyrrole nitrogens is 1. The number of nitrogens with one attached hydrogen (secondary N) is 1. The molecule has 2 aromatic carbocycles. The average Bonchev–Trinajstić information content (AvgIpc) is 3.57. The molecule has 0 spiro atoms. The Balaban J connectivity index is 1.53. The number of pyridine rings is 1. The Bertz CT molecular complexity index is 1420. The van der Waals surface area contributed by atoms with E-state index in [-0.39, 0.29) is 17.5 Å². The maximum atomic E-state index is 13.3. The van der Waals surface area contributed by atoms with Crippen molar-refractivity contribution < 1.29 is 0 Å². The first kappa shape index (κ1) is 25.3. The summed E-state index contributed by atoms with van der Waals surface area (Å²) in [4.78, 5) is 18.8. The van der Waals surface area contributed by atoms with E-state index in [1.165, 1.54) is 24.0 Å². The van der Waals surface area contributed by atoms with E-state index >= 15 is 0 Å². The number of benzene rings is 2. The molecule has 2 heterocycles. The van der Waals surface area contributed by atoms with Gasteiger partial charge in [-0.25, -0.2) is 4.68 Å². The highest BCUT2D eigenvalue weighted by atomic mass is 16.1. The van der Waals surface area contributed by atoms with Crippen molar-refractivity contribution in [3.8, 4) is 0 Å². The van der Waals surface area contributed by atoms with Crippen LogP contribution in [0.25, 0.3) is 10.9 Å². The summed E-state index contributed by atoms with van der Waals surface area (Å²) in [6.45, 7) is 9.99. The number of aromatic amines is 1. The topological polar surface area (TPSA) is 79.7 Å². The third-order valence-electron chi connectivity index (χ3n) is 7.95. The molecule has 1 aliphatic rings. The van der Waals surface area contributed by atoms with Crippen molar-refractivity contribution in [3.63, 3.8) is 0 Å². The molecule has 0 bridgehead atoms. The van der Waals surface area contributed by atoms with Gasteiger partial charge in [0.25, 0.3) is 5.56 Å². The molecule has 0 aliphatic heterocycles. The monoisotopic (exact) mass is 498 g/mol. The first-order valence-electron chi connectivity index (χ1n) is 13.6. The van der Waals surface area contributed by atoms with Crippen molar-refractivity contribution in [2.24, 2.45) is 5.92 Å². The van der Waals surface area contributed by atoms with Crippen LogP contribution in [-0.2, 0) is 13.0 Å². The molecule has 0 unspecified atom stereocenters. The minimum absolute atomic E-state index is 0.00720. The molecule has 0 radical (unpaired) electrons. The Hall–Kier alpha value is -3.32. The van der Waals surface area contributed by atoms with Gasteiger partial charge in [-0.3, -0.25) is 9.69 Å².